The minimum Gasteiger partial charge on any atom is -0.396 e. The van der Waals surface area contributed by atoms with Gasteiger partial charge in [0.25, 0.3) is 0 Å². The molecule has 0 fully saturated rings. The Hall–Kier alpha value is 0.0244. The van der Waals surface area contributed by atoms with Gasteiger partial charge in [-0.1, -0.05) is 37.6 Å². The molecule has 0 aliphatic heterocycles. The van der Waals surface area contributed by atoms with Gasteiger partial charge in [0, 0.05) is 25.2 Å². The van der Waals surface area contributed by atoms with Gasteiger partial charge >= 0.3 is 0 Å². The molecule has 0 heterocycles. The fraction of sp³-hybridized carbons (Fsp3) is 0.636. The topological polar surface area (TPSA) is 20.2 Å². The second-order valence-electron chi connectivity index (χ2n) is 2.19. The van der Waals surface area contributed by atoms with Crippen LogP contribution in [0.25, 0.3) is 0 Å². The van der Waals surface area contributed by atoms with Crippen LogP contribution in [0.2, 0.25) is 0 Å². The van der Waals surface area contributed by atoms with Gasteiger partial charge in [0.2, 0.25) is 0 Å². The number of rotatable bonds is 4. The van der Waals surface area contributed by atoms with Gasteiger partial charge in [-0.15, -0.1) is 0 Å². The van der Waals surface area contributed by atoms with E-state index in [4.69, 9.17) is 5.11 Å². The maximum absolute atomic E-state index is 8.53. The zero-order valence-electron chi connectivity index (χ0n) is 9.25. The first kappa shape index (κ1) is 18.7. The van der Waals surface area contributed by atoms with E-state index in [1.54, 1.807) is 0 Å². The van der Waals surface area contributed by atoms with Gasteiger partial charge in [0.15, 0.2) is 0 Å². The molecular weight excluding hydrogens is 199 g/mol. The zero-order chi connectivity index (χ0) is 9.82. The van der Waals surface area contributed by atoms with Crippen molar-refractivity contribution in [1.29, 1.82) is 0 Å². The molecule has 0 saturated carbocycles. The monoisotopic (exact) mass is 221 g/mol. The van der Waals surface area contributed by atoms with Crippen molar-refractivity contribution >= 4 is 0 Å². The van der Waals surface area contributed by atoms with Gasteiger partial charge in [-0.3, -0.25) is 0 Å². The van der Waals surface area contributed by atoms with Crippen LogP contribution in [0, 0.1) is 0 Å². The SMILES string of the molecule is C/C=C\C(=C/C)CCCO.CC.[V]. The van der Waals surface area contributed by atoms with Crippen LogP contribution >= 0.6 is 0 Å². The standard InChI is InChI=1S/C9H16O.C2H6.V/c1-3-6-9(4-2)7-5-8-10;1-2;/h3-4,6,10H,5,7-8H2,1-2H3;1-2H3;/b6-3-,9-4+;;. The van der Waals surface area contributed by atoms with Crippen LogP contribution in [0.3, 0.4) is 0 Å². The minimum absolute atomic E-state index is 0. The quantitative estimate of drug-likeness (QED) is 0.722. The van der Waals surface area contributed by atoms with Crippen LogP contribution in [-0.2, 0) is 18.6 Å². The molecule has 77 valence electrons. The summed E-state index contributed by atoms with van der Waals surface area (Å²) in [6, 6.07) is 0. The summed E-state index contributed by atoms with van der Waals surface area (Å²) in [7, 11) is 0. The minimum atomic E-state index is 0. The molecule has 0 aliphatic rings. The Morgan fingerprint density at radius 1 is 1.23 bits per heavy atom. The third kappa shape index (κ3) is 14.8. The molecule has 0 spiro atoms. The van der Waals surface area contributed by atoms with Crippen molar-refractivity contribution in [1.82, 2.24) is 0 Å². The van der Waals surface area contributed by atoms with Gasteiger partial charge in [-0.2, -0.15) is 0 Å². The second kappa shape index (κ2) is 17.9. The van der Waals surface area contributed by atoms with Gasteiger partial charge in [0.1, 0.15) is 0 Å². The van der Waals surface area contributed by atoms with Gasteiger partial charge in [-0.05, 0) is 26.7 Å². The Kier molecular flexibility index (Phi) is 25.9. The predicted octanol–water partition coefficient (Wildman–Crippen LogP) is 3.31. The number of hydrogen-bond donors (Lipinski definition) is 1. The van der Waals surface area contributed by atoms with E-state index in [-0.39, 0.29) is 25.2 Å². The molecule has 1 nitrogen and oxygen atoms in total. The van der Waals surface area contributed by atoms with Crippen molar-refractivity contribution < 1.29 is 23.7 Å². The van der Waals surface area contributed by atoms with E-state index in [0.717, 1.165) is 12.8 Å². The maximum Gasteiger partial charge on any atom is 0.0434 e. The molecule has 0 aromatic carbocycles. The summed E-state index contributed by atoms with van der Waals surface area (Å²) < 4.78 is 0. The molecule has 1 radical (unpaired) electrons. The van der Waals surface area contributed by atoms with Crippen molar-refractivity contribution in [3.05, 3.63) is 23.8 Å². The van der Waals surface area contributed by atoms with Crippen molar-refractivity contribution in [2.45, 2.75) is 40.5 Å². The largest absolute Gasteiger partial charge is 0.396 e. The molecule has 0 aromatic rings. The van der Waals surface area contributed by atoms with Crippen LogP contribution in [0.15, 0.2) is 23.8 Å². The van der Waals surface area contributed by atoms with Crippen molar-refractivity contribution in [2.75, 3.05) is 6.61 Å². The smallest absolute Gasteiger partial charge is 0.0434 e. The van der Waals surface area contributed by atoms with E-state index in [1.807, 2.05) is 33.8 Å². The predicted molar refractivity (Wildman–Crippen MR) is 56.2 cm³/mol. The summed E-state index contributed by atoms with van der Waals surface area (Å²) in [6.45, 7) is 8.31. The molecule has 0 aromatic heterocycles. The van der Waals surface area contributed by atoms with E-state index < -0.39 is 0 Å². The van der Waals surface area contributed by atoms with E-state index in [0.29, 0.717) is 0 Å². The van der Waals surface area contributed by atoms with Crippen molar-refractivity contribution in [3.63, 3.8) is 0 Å². The average Bonchev–Trinajstić information content (AvgIpc) is 2.15. The molecule has 0 bridgehead atoms. The van der Waals surface area contributed by atoms with E-state index >= 15 is 0 Å². The fourth-order valence-corrected chi connectivity index (χ4v) is 0.821. The Morgan fingerprint density at radius 2 is 1.77 bits per heavy atom. The van der Waals surface area contributed by atoms with Gasteiger partial charge in [0.05, 0.1) is 0 Å². The van der Waals surface area contributed by atoms with Gasteiger partial charge in [-0.25, -0.2) is 0 Å². The van der Waals surface area contributed by atoms with Crippen molar-refractivity contribution in [2.24, 2.45) is 0 Å². The number of hydrogen-bond acceptors (Lipinski definition) is 1. The third-order valence-corrected chi connectivity index (χ3v) is 1.38. The first-order chi connectivity index (χ1) is 5.85. The summed E-state index contributed by atoms with van der Waals surface area (Å²) in [5.41, 5.74) is 1.30. The second-order valence-corrected chi connectivity index (χ2v) is 2.19. The third-order valence-electron chi connectivity index (χ3n) is 1.38. The summed E-state index contributed by atoms with van der Waals surface area (Å²) in [5.74, 6) is 0. The van der Waals surface area contributed by atoms with Crippen LogP contribution in [0.1, 0.15) is 40.5 Å². The summed E-state index contributed by atoms with van der Waals surface area (Å²) in [6.07, 6.45) is 8.03. The summed E-state index contributed by atoms with van der Waals surface area (Å²) >= 11 is 0. The Balaban J connectivity index is -0.000000309. The molecule has 0 aliphatic carbocycles. The molecule has 1 N–H and O–H groups in total. The molecule has 0 saturated heterocycles. The average molecular weight is 221 g/mol. The first-order valence-electron chi connectivity index (χ1n) is 4.74. The van der Waals surface area contributed by atoms with Crippen LogP contribution < -0.4 is 0 Å². The summed E-state index contributed by atoms with van der Waals surface area (Å²) in [4.78, 5) is 0. The number of aliphatic hydroxyl groups is 1. The molecule has 0 atom stereocenters. The summed E-state index contributed by atoms with van der Waals surface area (Å²) in [5, 5.41) is 8.53. The van der Waals surface area contributed by atoms with E-state index in [1.165, 1.54) is 5.57 Å². The number of allylic oxidation sites excluding steroid dienone is 4. The van der Waals surface area contributed by atoms with Crippen LogP contribution in [0.4, 0.5) is 0 Å². The molecule has 13 heavy (non-hydrogen) atoms. The Bertz CT molecular complexity index is 128. The normalized spacial score (nSPS) is 10.4. The Morgan fingerprint density at radius 3 is 2.08 bits per heavy atom. The van der Waals surface area contributed by atoms with Crippen molar-refractivity contribution in [3.8, 4) is 0 Å². The van der Waals surface area contributed by atoms with Crippen LogP contribution in [-0.4, -0.2) is 11.7 Å². The molecule has 0 rings (SSSR count). The molecule has 0 amide bonds. The van der Waals surface area contributed by atoms with E-state index in [9.17, 15) is 0 Å². The maximum atomic E-state index is 8.53. The van der Waals surface area contributed by atoms with E-state index in [2.05, 4.69) is 12.2 Å². The molecule has 2 heteroatoms. The van der Waals surface area contributed by atoms with Gasteiger partial charge < -0.3 is 5.11 Å². The molecule has 0 unspecified atom stereocenters. The fourth-order valence-electron chi connectivity index (χ4n) is 0.821. The van der Waals surface area contributed by atoms with Crippen LogP contribution in [0.5, 0.6) is 0 Å². The Labute approximate surface area is 94.8 Å². The number of aliphatic hydroxyl groups excluding tert-OH is 1. The zero-order valence-corrected chi connectivity index (χ0v) is 10.6. The first-order valence-corrected chi connectivity index (χ1v) is 4.74. The molecular formula is C11H22OV.